The monoisotopic (exact) mass is 1880 g/mol. The van der Waals surface area contributed by atoms with Crippen LogP contribution in [0.3, 0.4) is 0 Å². The fraction of sp³-hybridized carbons (Fsp3) is 0.204. The molecule has 27 nitrogen and oxygen atoms in total. The van der Waals surface area contributed by atoms with Crippen molar-refractivity contribution >= 4 is 148 Å². The van der Waals surface area contributed by atoms with Crippen molar-refractivity contribution in [3.63, 3.8) is 0 Å². The van der Waals surface area contributed by atoms with Crippen LogP contribution in [-0.4, -0.2) is 118 Å². The van der Waals surface area contributed by atoms with Crippen molar-refractivity contribution in [1.82, 2.24) is 40.1 Å². The molecule has 15 rings (SSSR count). The van der Waals surface area contributed by atoms with Gasteiger partial charge in [-0.25, -0.2) is 66.1 Å². The number of aldehydes is 1. The Balaban J connectivity index is 0.000000194. The van der Waals surface area contributed by atoms with Crippen molar-refractivity contribution in [3.05, 3.63) is 304 Å². The zero-order valence-electron chi connectivity index (χ0n) is 79.6. The summed E-state index contributed by atoms with van der Waals surface area (Å²) in [4.78, 5) is 59.9. The fourth-order valence-electron chi connectivity index (χ4n) is 11.6. The highest BCUT2D eigenvalue weighted by Crippen LogP contribution is 2.38. The maximum absolute atomic E-state index is 13.5. The summed E-state index contributed by atoms with van der Waals surface area (Å²) < 4.78 is 199. The van der Waals surface area contributed by atoms with Crippen molar-refractivity contribution in [2.45, 2.75) is 66.6 Å². The standard InChI is InChI=1S/C34H34ClFN4O6S.C29H26ClFN4O4S.C26H17ClFN3O3.C3H9NO2S.CH4/c1-34(2,3)45-33(41)40(14-15-47-46-42-4)19-26-10-13-30(44-26)23-8-11-29-27(17-23)32(38-21-37-29)39-25-9-12-31(28(35)18-25)43-20-22-6-5-7-24(36)16-22;1-36-39-40-12-11-32-16-23-7-10-27(38-23)20-5-8-26-24(14-20)29(34-18-33-26)35-22-6-9-28(25(30)15-22)37-17-19-3-2-4-21(31)13-19;27-22-12-19(5-8-25(22)33-14-16-2-1-3-18(28)10-16)31-26-21-11-17(4-7-23(21)29-15-30-26)24-9-6-20(13-32)34-24;1-7(5,6)3-2-4;/h5-13,16-18,21H,14-15,19-20H2,1-4H3,(H,37,38,39);2-10,13-15,18,32H,11-12,16-17H2,1H3,(H,33,34,35);1-13,15H,14H2,(H,29,30,31);2-4H2,1H3;1H4/i14D2,19D2;11D2,16D2;13D;2D2;. The highest BCUT2D eigenvalue weighted by molar-refractivity contribution is 7.94. The van der Waals surface area contributed by atoms with E-state index in [-0.39, 0.29) is 73.5 Å². The number of anilines is 6. The number of furan rings is 3. The predicted octanol–water partition coefficient (Wildman–Crippen LogP) is 22.7. The van der Waals surface area contributed by atoms with Gasteiger partial charge in [0.1, 0.15) is 137 Å². The fourth-order valence-corrected chi connectivity index (χ4v) is 13.2. The van der Waals surface area contributed by atoms with Gasteiger partial charge in [-0.1, -0.05) is 78.6 Å². The number of hydrogen-bond donors (Lipinski definition) is 5. The van der Waals surface area contributed by atoms with Gasteiger partial charge in [0, 0.05) is 117 Å². The topological polar surface area (TPSA) is 336 Å². The Bertz CT molecular complexity index is 6990. The minimum Gasteiger partial charge on any atom is -0.487 e. The summed E-state index contributed by atoms with van der Waals surface area (Å²) in [5, 5.41) is 15.1. The second-order valence-corrected chi connectivity index (χ2v) is 32.5. The van der Waals surface area contributed by atoms with Gasteiger partial charge in [-0.05, 0) is 219 Å². The average Bonchev–Trinajstić information content (AvgIpc) is 1.48. The maximum atomic E-state index is 13.5. The third-order valence-electron chi connectivity index (χ3n) is 17.2. The molecular weight excluding hydrogens is 1780 g/mol. The molecule has 36 heteroatoms. The Morgan fingerprint density at radius 1 is 0.535 bits per heavy atom. The molecule has 0 unspecified atom stereocenters. The van der Waals surface area contributed by atoms with Crippen LogP contribution in [-0.2, 0) is 65.8 Å². The molecule has 9 aromatic carbocycles. The van der Waals surface area contributed by atoms with Crippen LogP contribution < -0.4 is 41.2 Å². The number of halogens is 6. The van der Waals surface area contributed by atoms with E-state index in [1.54, 1.807) is 160 Å². The summed E-state index contributed by atoms with van der Waals surface area (Å²) in [7, 11) is -0.757. The minimum atomic E-state index is -3.28. The third kappa shape index (κ3) is 29.6. The summed E-state index contributed by atoms with van der Waals surface area (Å²) in [5.74, 6) is 0.979. The molecule has 0 aliphatic rings. The number of amides is 1. The molecular formula is C93H90Cl3F3N12O15S3. The van der Waals surface area contributed by atoms with Crippen molar-refractivity contribution in [1.29, 1.82) is 0 Å². The third-order valence-corrected chi connectivity index (χ3v) is 19.7. The predicted molar refractivity (Wildman–Crippen MR) is 498 cm³/mol. The van der Waals surface area contributed by atoms with E-state index in [2.05, 4.69) is 65.3 Å². The van der Waals surface area contributed by atoms with E-state index in [4.69, 9.17) is 92.1 Å². The highest BCUT2D eigenvalue weighted by atomic mass is 35.5. The molecule has 0 saturated heterocycles. The van der Waals surface area contributed by atoms with Gasteiger partial charge in [0.05, 0.1) is 72.8 Å². The van der Waals surface area contributed by atoms with Gasteiger partial charge in [0.25, 0.3) is 0 Å². The lowest BCUT2D eigenvalue weighted by atomic mass is 10.1. The summed E-state index contributed by atoms with van der Waals surface area (Å²) >= 11 is 20.7. The van der Waals surface area contributed by atoms with Crippen LogP contribution in [0.4, 0.5) is 52.5 Å². The number of benzene rings is 9. The molecule has 129 heavy (non-hydrogen) atoms. The number of aromatic nitrogens is 6. The van der Waals surface area contributed by atoms with Crippen molar-refractivity contribution in [2.24, 2.45) is 5.73 Å². The van der Waals surface area contributed by atoms with Crippen LogP contribution in [0.25, 0.3) is 66.7 Å². The number of rotatable bonds is 35. The second-order valence-electron chi connectivity index (χ2n) is 27.8. The van der Waals surface area contributed by atoms with E-state index in [9.17, 15) is 31.2 Å². The summed E-state index contributed by atoms with van der Waals surface area (Å²) in [5.41, 5.74) is 11.5. The number of ether oxygens (including phenoxy) is 4. The van der Waals surface area contributed by atoms with Crippen molar-refractivity contribution in [3.8, 4) is 51.2 Å². The first-order chi connectivity index (χ1) is 65.8. The number of hydrogen-bond acceptors (Lipinski definition) is 28. The lowest BCUT2D eigenvalue weighted by molar-refractivity contribution is -0.160. The van der Waals surface area contributed by atoms with Crippen LogP contribution in [0.5, 0.6) is 17.2 Å². The number of sulfone groups is 1. The quantitative estimate of drug-likeness (QED) is 0.00810. The molecule has 6 N–H and O–H groups in total. The molecule has 6 aromatic heterocycles. The lowest BCUT2D eigenvalue weighted by Crippen LogP contribution is -2.37. The molecule has 0 fully saturated rings. The molecule has 0 aliphatic heterocycles. The van der Waals surface area contributed by atoms with Gasteiger partial charge in [0.2, 0.25) is 0 Å². The second kappa shape index (κ2) is 47.6. The Labute approximate surface area is 781 Å². The Kier molecular flexibility index (Phi) is 30.4. The Morgan fingerprint density at radius 2 is 0.938 bits per heavy atom. The van der Waals surface area contributed by atoms with E-state index in [1.807, 2.05) is 18.2 Å². The highest BCUT2D eigenvalue weighted by Gasteiger charge is 2.25. The minimum absolute atomic E-state index is 0. The van der Waals surface area contributed by atoms with Crippen LogP contribution >= 0.6 is 58.9 Å². The van der Waals surface area contributed by atoms with Gasteiger partial charge in [0.15, 0.2) is 12.0 Å². The smallest absolute Gasteiger partial charge is 0.410 e. The Morgan fingerprint density at radius 3 is 1.31 bits per heavy atom. The Hall–Kier alpha value is -12.4. The number of carbonyl (C=O) groups excluding carboxylic acids is 2. The number of nitrogens with zero attached hydrogens (tertiary/aromatic N) is 7. The van der Waals surface area contributed by atoms with Crippen LogP contribution in [0.1, 0.15) is 82.0 Å². The molecule has 6 heterocycles. The SMILES string of the molecule is C.[2H]C(=O)c1ccc(-c2ccc3ncnc(Nc4ccc(OCc5cccc(F)c5)c(Cl)c4)c3c2)o1.[2H]C([2H])(CSOOC)N(C(=O)OC(C)(C)C)C([2H])([2H])c1ccc(-c2ccc3ncnc(Nc4ccc(OCc5cccc(F)c5)c(Cl)c4)c3c2)o1.[2H]C([2H])(CSOOC)NC([2H])([2H])c1ccc(-c2ccc3ncnc(Nc4ccc(OCc5cccc(F)c5)c(Cl)c4)c3c2)o1.[2H]C([2H])(N)CS(C)(=O)=O. The first-order valence-electron chi connectivity index (χ1n) is 43.6. The van der Waals surface area contributed by atoms with E-state index in [1.165, 1.54) is 93.9 Å². The first-order valence-corrected chi connectivity index (χ1v) is 43.1. The maximum Gasteiger partial charge on any atom is 0.410 e. The molecule has 0 aliphatic carbocycles. The van der Waals surface area contributed by atoms with Gasteiger partial charge in [-0.3, -0.25) is 9.69 Å². The first kappa shape index (κ1) is 82.3. The van der Waals surface area contributed by atoms with Gasteiger partial charge in [-0.2, -0.15) is 8.67 Å². The summed E-state index contributed by atoms with van der Waals surface area (Å²) in [6.07, 6.45) is 3.10. The lowest BCUT2D eigenvalue weighted by Gasteiger charge is -2.26. The number of carbonyl (C=O) groups is 2. The van der Waals surface area contributed by atoms with Crippen LogP contribution in [0.15, 0.2) is 251 Å². The zero-order chi connectivity index (χ0) is 100. The van der Waals surface area contributed by atoms with Crippen molar-refractivity contribution < 1.29 is 96.9 Å². The van der Waals surface area contributed by atoms with Gasteiger partial charge in [-0.15, -0.1) is 0 Å². The van der Waals surface area contributed by atoms with E-state index >= 15 is 0 Å². The van der Waals surface area contributed by atoms with Gasteiger partial charge >= 0.3 is 6.09 Å². The summed E-state index contributed by atoms with van der Waals surface area (Å²) in [6, 6.07) is 59.0. The number of fused-ring (bicyclic) bond motifs is 3. The van der Waals surface area contributed by atoms with Gasteiger partial charge < -0.3 is 59.2 Å². The van der Waals surface area contributed by atoms with E-state index in [0.29, 0.717) is 168 Å². The summed E-state index contributed by atoms with van der Waals surface area (Å²) in [6.45, 7) is -6.74. The molecule has 0 radical (unpaired) electrons. The van der Waals surface area contributed by atoms with Crippen molar-refractivity contribution in [2.75, 3.05) is 73.2 Å². The molecule has 672 valence electrons. The molecule has 0 saturated carbocycles. The number of nitrogens with two attached hydrogens (primary N) is 1. The zero-order valence-corrected chi connectivity index (χ0v) is 73.3. The molecule has 0 atom stereocenters. The van der Waals surface area contributed by atoms with E-state index in [0.717, 1.165) is 11.6 Å². The van der Waals surface area contributed by atoms with Crippen LogP contribution in [0, 0.1) is 17.5 Å². The van der Waals surface area contributed by atoms with Crippen LogP contribution in [0.2, 0.25) is 15.1 Å². The molecule has 15 aromatic rings. The largest absolute Gasteiger partial charge is 0.487 e. The molecule has 0 spiro atoms. The number of nitrogens with one attached hydrogen (secondary N) is 4. The normalized spacial score (nSPS) is 13.0. The average molecular weight is 1890 g/mol. The molecule has 1 amide bonds. The molecule has 0 bridgehead atoms. The van der Waals surface area contributed by atoms with E-state index < -0.39 is 71.8 Å².